The summed E-state index contributed by atoms with van der Waals surface area (Å²) in [6.45, 7) is 7.04. The summed E-state index contributed by atoms with van der Waals surface area (Å²) in [5.41, 5.74) is -3.23. The van der Waals surface area contributed by atoms with Crippen LogP contribution in [0.25, 0.3) is 32.4 Å². The first-order chi connectivity index (χ1) is 32.2. The van der Waals surface area contributed by atoms with Crippen molar-refractivity contribution in [2.45, 2.75) is 88.7 Å². The lowest BCUT2D eigenvalue weighted by Gasteiger charge is -2.40. The predicted molar refractivity (Wildman–Crippen MR) is 242 cm³/mol. The summed E-state index contributed by atoms with van der Waals surface area (Å²) < 4.78 is 139. The number of para-hydroxylation sites is 1. The number of aromatic nitrogens is 6. The van der Waals surface area contributed by atoms with E-state index in [9.17, 15) is 40.0 Å². The van der Waals surface area contributed by atoms with Crippen LogP contribution in [0.1, 0.15) is 80.7 Å². The Balaban J connectivity index is 1.15. The minimum atomic E-state index is -5.13. The van der Waals surface area contributed by atoms with Crippen LogP contribution in [0.2, 0.25) is 0 Å². The second-order valence-corrected chi connectivity index (χ2v) is 21.6. The molecule has 0 saturated carbocycles. The number of amides is 2. The molecule has 69 heavy (non-hydrogen) atoms. The maximum absolute atomic E-state index is 15.8. The van der Waals surface area contributed by atoms with Gasteiger partial charge in [0.05, 0.1) is 34.1 Å². The topological polar surface area (TPSA) is 178 Å². The van der Waals surface area contributed by atoms with Crippen LogP contribution in [0.5, 0.6) is 0 Å². The fourth-order valence-electron chi connectivity index (χ4n) is 9.29. The molecule has 5 heterocycles. The van der Waals surface area contributed by atoms with Crippen molar-refractivity contribution < 1.29 is 53.5 Å². The molecule has 366 valence electrons. The number of rotatable bonds is 11. The van der Waals surface area contributed by atoms with Gasteiger partial charge in [0.15, 0.2) is 22.3 Å². The zero-order valence-corrected chi connectivity index (χ0v) is 39.4. The first kappa shape index (κ1) is 47.8. The zero-order chi connectivity index (χ0) is 49.7. The Hall–Kier alpha value is -6.30. The molecule has 3 atom stereocenters. The number of anilines is 2. The van der Waals surface area contributed by atoms with Crippen molar-refractivity contribution in [1.29, 1.82) is 0 Å². The van der Waals surface area contributed by atoms with Gasteiger partial charge in [-0.1, -0.05) is 35.6 Å². The van der Waals surface area contributed by atoms with Gasteiger partial charge in [0.2, 0.25) is 15.9 Å². The average molecular weight is 1000 g/mol. The number of pyridine rings is 1. The maximum atomic E-state index is 15.8. The van der Waals surface area contributed by atoms with Gasteiger partial charge in [0, 0.05) is 59.7 Å². The fraction of sp³-hybridized carbons (Fsp3) is 0.422. The Morgan fingerprint density at radius 3 is 2.30 bits per heavy atom. The van der Waals surface area contributed by atoms with Crippen LogP contribution in [0, 0.1) is 17.6 Å². The summed E-state index contributed by atoms with van der Waals surface area (Å²) in [7, 11) is -2.25. The monoisotopic (exact) mass is 1000 g/mol. The van der Waals surface area contributed by atoms with Crippen LogP contribution in [0.3, 0.4) is 0 Å². The molecule has 6 aromatic rings. The van der Waals surface area contributed by atoms with E-state index in [1.54, 1.807) is 52.1 Å². The highest BCUT2D eigenvalue weighted by Crippen LogP contribution is 2.60. The molecule has 2 aliphatic carbocycles. The Kier molecular flexibility index (Phi) is 11.6. The molecule has 24 heteroatoms. The zero-order valence-electron chi connectivity index (χ0n) is 37.8. The number of benzene rings is 2. The van der Waals surface area contributed by atoms with Crippen LogP contribution in [-0.4, -0.2) is 80.4 Å². The van der Waals surface area contributed by atoms with Gasteiger partial charge < -0.3 is 20.3 Å². The van der Waals surface area contributed by atoms with Crippen LogP contribution in [0.15, 0.2) is 54.6 Å². The Morgan fingerprint density at radius 1 is 0.986 bits per heavy atom. The maximum Gasteiger partial charge on any atom is 0.435 e. The molecule has 0 spiro atoms. The third-order valence-corrected chi connectivity index (χ3v) is 14.0. The number of nitrogens with one attached hydrogen (secondary N) is 3. The number of hydrogen-bond donors (Lipinski definition) is 3. The molecular weight excluding hydrogens is 958 g/mol. The van der Waals surface area contributed by atoms with Crippen LogP contribution < -0.4 is 20.3 Å². The lowest BCUT2D eigenvalue weighted by Crippen LogP contribution is -2.54. The molecule has 1 fully saturated rings. The number of halogens is 7. The van der Waals surface area contributed by atoms with Gasteiger partial charge >= 0.3 is 12.3 Å². The Bertz CT molecular complexity index is 3190. The number of ether oxygens (including phenoxy) is 1. The van der Waals surface area contributed by atoms with E-state index in [1.807, 2.05) is 11.8 Å². The number of piperidine rings is 1. The second-order valence-electron chi connectivity index (χ2n) is 18.9. The summed E-state index contributed by atoms with van der Waals surface area (Å²) in [6, 6.07) is 7.98. The molecule has 1 aliphatic heterocycles. The van der Waals surface area contributed by atoms with Crippen LogP contribution in [0.4, 0.5) is 46.5 Å². The fourth-order valence-corrected chi connectivity index (χ4v) is 10.8. The smallest absolute Gasteiger partial charge is 0.435 e. The first-order valence-corrected chi connectivity index (χ1v) is 24.4. The molecule has 4 aromatic heterocycles. The number of alkyl carbamates (subject to hydrolysis) is 1. The van der Waals surface area contributed by atoms with Gasteiger partial charge in [0.25, 0.3) is 5.92 Å². The summed E-state index contributed by atoms with van der Waals surface area (Å²) in [5.74, 6) is -9.60. The highest BCUT2D eigenvalue weighted by molar-refractivity contribution is 7.92. The van der Waals surface area contributed by atoms with E-state index in [4.69, 9.17) is 14.7 Å². The van der Waals surface area contributed by atoms with Crippen molar-refractivity contribution in [2.24, 2.45) is 13.0 Å². The third kappa shape index (κ3) is 9.31. The summed E-state index contributed by atoms with van der Waals surface area (Å²) in [5, 5.41) is 14.5. The van der Waals surface area contributed by atoms with Crippen molar-refractivity contribution in [3.63, 3.8) is 0 Å². The summed E-state index contributed by atoms with van der Waals surface area (Å²) in [6.07, 6.45) is -1.70. The van der Waals surface area contributed by atoms with Crippen LogP contribution >= 0.6 is 11.3 Å². The van der Waals surface area contributed by atoms with Gasteiger partial charge in [0.1, 0.15) is 29.5 Å². The largest absolute Gasteiger partial charge is 0.444 e. The first-order valence-electron chi connectivity index (χ1n) is 21.7. The lowest BCUT2D eigenvalue weighted by atomic mass is 9.81. The number of thiazole rings is 1. The molecule has 3 aliphatic rings. The standard InChI is InChI=1S/C45H45F7N10O5S2/c1-42(2,3)67-41(64)56-43(4)12-14-61(15-13-43)40-55-39-31(68-40)20-28(25-8-7-9-27-35(25)60(5)58-38(27)59-69(6,65)66)34(54-39)30(18-22-16-23(46)19-24(47)17-22)53-32(63)21-62-37-33(36(57-62)45(50,51)52)26-10-11-29(26)44(37,48)49/h7-11,16-17,19-20,26,29-30H,12-15,18,21H2,1-6H3,(H,53,63)(H,56,64)(H,58,59)/t26-,29+,30?/m0/s1. The van der Waals surface area contributed by atoms with E-state index in [2.05, 4.69) is 25.6 Å². The lowest BCUT2D eigenvalue weighted by molar-refractivity contribution is -0.142. The number of hydrogen-bond acceptors (Lipinski definition) is 11. The third-order valence-electron chi connectivity index (χ3n) is 12.3. The SMILES string of the molecule is Cn1nc(NS(C)(=O)=O)c2cccc(-c3cc4sc(N5CCC(C)(NC(=O)OC(C)(C)C)CC5)nc4nc3C(Cc3cc(F)cc(F)c3)NC(=O)Cn3nc(C(F)(F)F)c4c3C(F)(F)[C@@H]3C=C[C@H]43)c21. The highest BCUT2D eigenvalue weighted by atomic mass is 32.2. The number of aryl methyl sites for hydroxylation is 1. The van der Waals surface area contributed by atoms with Crippen molar-refractivity contribution >= 4 is 65.6 Å². The molecule has 15 nitrogen and oxygen atoms in total. The molecule has 2 amide bonds. The number of carbonyl (C=O) groups excluding carboxylic acids is 2. The second kappa shape index (κ2) is 16.7. The van der Waals surface area contributed by atoms with Gasteiger partial charge in [-0.05, 0) is 76.8 Å². The van der Waals surface area contributed by atoms with E-state index in [-0.39, 0.29) is 29.1 Å². The molecule has 0 bridgehead atoms. The van der Waals surface area contributed by atoms with E-state index < -0.39 is 98.3 Å². The van der Waals surface area contributed by atoms with E-state index in [0.29, 0.717) is 68.5 Å². The van der Waals surface area contributed by atoms with Crippen molar-refractivity contribution in [3.8, 4) is 11.1 Å². The Morgan fingerprint density at radius 2 is 1.68 bits per heavy atom. The van der Waals surface area contributed by atoms with Crippen molar-refractivity contribution in [3.05, 3.63) is 94.5 Å². The molecular formula is C45H45F7N10O5S2. The average Bonchev–Trinajstić information content (AvgIpc) is 3.91. The predicted octanol–water partition coefficient (Wildman–Crippen LogP) is 8.47. The Labute approximate surface area is 394 Å². The number of sulfonamides is 1. The molecule has 1 unspecified atom stereocenters. The molecule has 1 saturated heterocycles. The van der Waals surface area contributed by atoms with Gasteiger partial charge in [-0.2, -0.15) is 37.1 Å². The minimum Gasteiger partial charge on any atom is -0.444 e. The number of allylic oxidation sites excluding steroid dienone is 2. The molecule has 9 rings (SSSR count). The van der Waals surface area contributed by atoms with Gasteiger partial charge in [-0.15, -0.1) is 0 Å². The van der Waals surface area contributed by atoms with E-state index in [0.717, 1.165) is 24.5 Å². The van der Waals surface area contributed by atoms with Gasteiger partial charge in [-0.3, -0.25) is 18.9 Å². The number of nitrogens with zero attached hydrogens (tertiary/aromatic N) is 7. The highest BCUT2D eigenvalue weighted by Gasteiger charge is 2.61. The van der Waals surface area contributed by atoms with Crippen molar-refractivity contribution in [2.75, 3.05) is 29.0 Å². The van der Waals surface area contributed by atoms with Crippen molar-refractivity contribution in [1.82, 2.24) is 40.2 Å². The summed E-state index contributed by atoms with van der Waals surface area (Å²) >= 11 is 1.28. The van der Waals surface area contributed by atoms with Crippen LogP contribution in [-0.2, 0) is 51.7 Å². The van der Waals surface area contributed by atoms with Gasteiger partial charge in [-0.25, -0.2) is 27.0 Å². The quantitative estimate of drug-likeness (QED) is 0.0843. The number of alkyl halides is 5. The molecule has 0 radical (unpaired) electrons. The van der Waals surface area contributed by atoms with E-state index in [1.165, 1.54) is 22.1 Å². The van der Waals surface area contributed by atoms with E-state index >= 15 is 8.78 Å². The minimum absolute atomic E-state index is 0.00345. The normalized spacial score (nSPS) is 19.0. The summed E-state index contributed by atoms with van der Waals surface area (Å²) in [4.78, 5) is 38.8. The molecule has 3 N–H and O–H groups in total. The number of carbonyl (C=O) groups is 2. The number of fused-ring (bicyclic) bond motifs is 5. The molecule has 2 aromatic carbocycles.